The van der Waals surface area contributed by atoms with Gasteiger partial charge in [-0.1, -0.05) is 30.3 Å². The third-order valence-electron chi connectivity index (χ3n) is 10.2. The van der Waals surface area contributed by atoms with Gasteiger partial charge < -0.3 is 4.90 Å². The molecule has 7 rings (SSSR count). The van der Waals surface area contributed by atoms with Gasteiger partial charge in [0.15, 0.2) is 0 Å². The fraction of sp³-hybridized carbons (Fsp3) is 0.361. The van der Waals surface area contributed by atoms with Crippen molar-refractivity contribution in [3.63, 3.8) is 0 Å². The molecule has 4 heterocycles. The van der Waals surface area contributed by atoms with E-state index < -0.39 is 29.7 Å². The number of hydrogen-bond donors (Lipinski definition) is 1. The third-order valence-corrected chi connectivity index (χ3v) is 10.2. The van der Waals surface area contributed by atoms with Crippen LogP contribution in [0.3, 0.4) is 0 Å². The summed E-state index contributed by atoms with van der Waals surface area (Å²) in [6, 6.07) is 18.0. The Kier molecular flexibility index (Phi) is 7.76. The van der Waals surface area contributed by atoms with Gasteiger partial charge in [0, 0.05) is 31.6 Å². The Balaban J connectivity index is 0.996. The number of benzene rings is 3. The standard InChI is InChI=1S/C36H35FN4O5/c37-26-9-7-24(8-10-26)33(44)40-19-15-36(16-20-40)13-17-39(18-14-36)22-23-3-1-4-25(21-23)27-5-2-6-28-31(27)35(46)41(34(28)45)29-11-12-30(42)38-32(29)43/h1-10,21,29H,11-20,22H2,(H,38,42,43). The van der Waals surface area contributed by atoms with Crippen molar-refractivity contribution in [1.82, 2.24) is 20.0 Å². The van der Waals surface area contributed by atoms with Gasteiger partial charge in [0.25, 0.3) is 17.7 Å². The van der Waals surface area contributed by atoms with Crippen LogP contribution < -0.4 is 5.32 Å². The summed E-state index contributed by atoms with van der Waals surface area (Å²) >= 11 is 0. The van der Waals surface area contributed by atoms with E-state index in [-0.39, 0.29) is 35.5 Å². The lowest BCUT2D eigenvalue weighted by Gasteiger charge is -2.47. The number of carbonyl (C=O) groups is 5. The number of nitrogens with one attached hydrogen (secondary N) is 1. The molecule has 1 unspecified atom stereocenters. The SMILES string of the molecule is O=C1CCC(N2C(=O)c3cccc(-c4cccc(CN5CCC6(CC5)CCN(C(=O)c5ccc(F)cc5)CC6)c4)c3C2=O)C(=O)N1. The lowest BCUT2D eigenvalue weighted by molar-refractivity contribution is -0.136. The predicted octanol–water partition coefficient (Wildman–Crippen LogP) is 4.41. The van der Waals surface area contributed by atoms with E-state index in [1.54, 1.807) is 24.3 Å². The van der Waals surface area contributed by atoms with Crippen LogP contribution in [-0.2, 0) is 16.1 Å². The second kappa shape index (κ2) is 11.9. The van der Waals surface area contributed by atoms with Gasteiger partial charge in [-0.25, -0.2) is 4.39 Å². The highest BCUT2D eigenvalue weighted by molar-refractivity contribution is 6.25. The van der Waals surface area contributed by atoms with E-state index in [2.05, 4.69) is 22.3 Å². The average molecular weight is 623 g/mol. The Morgan fingerprint density at radius 3 is 2.22 bits per heavy atom. The number of fused-ring (bicyclic) bond motifs is 1. The number of nitrogens with zero attached hydrogens (tertiary/aromatic N) is 3. The van der Waals surface area contributed by atoms with E-state index in [0.29, 0.717) is 29.8 Å². The highest BCUT2D eigenvalue weighted by atomic mass is 19.1. The first-order valence-electron chi connectivity index (χ1n) is 15.9. The Morgan fingerprint density at radius 1 is 0.826 bits per heavy atom. The zero-order chi connectivity index (χ0) is 32.0. The molecule has 5 amide bonds. The average Bonchev–Trinajstić information content (AvgIpc) is 3.32. The van der Waals surface area contributed by atoms with Crippen molar-refractivity contribution < 1.29 is 28.4 Å². The fourth-order valence-electron chi connectivity index (χ4n) is 7.50. The molecule has 3 saturated heterocycles. The number of likely N-dealkylation sites (tertiary alicyclic amines) is 2. The van der Waals surface area contributed by atoms with Crippen LogP contribution in [0.5, 0.6) is 0 Å². The summed E-state index contributed by atoms with van der Waals surface area (Å²) in [6.45, 7) is 4.07. The minimum absolute atomic E-state index is 0.0361. The molecule has 1 spiro atoms. The van der Waals surface area contributed by atoms with Crippen molar-refractivity contribution in [1.29, 1.82) is 0 Å². The molecule has 0 saturated carbocycles. The molecule has 0 bridgehead atoms. The zero-order valence-corrected chi connectivity index (χ0v) is 25.5. The molecule has 1 N–H and O–H groups in total. The summed E-state index contributed by atoms with van der Waals surface area (Å²) in [5.74, 6) is -2.43. The molecular formula is C36H35FN4O5. The smallest absolute Gasteiger partial charge is 0.262 e. The Labute approximate surface area is 266 Å². The zero-order valence-electron chi connectivity index (χ0n) is 25.5. The van der Waals surface area contributed by atoms with Gasteiger partial charge in [0.2, 0.25) is 11.8 Å². The Morgan fingerprint density at radius 2 is 1.50 bits per heavy atom. The van der Waals surface area contributed by atoms with Gasteiger partial charge in [-0.15, -0.1) is 0 Å². The van der Waals surface area contributed by atoms with Crippen molar-refractivity contribution in [2.24, 2.45) is 5.41 Å². The number of rotatable bonds is 5. The van der Waals surface area contributed by atoms with Crippen molar-refractivity contribution in [2.75, 3.05) is 26.2 Å². The van der Waals surface area contributed by atoms with Gasteiger partial charge in [0.1, 0.15) is 11.9 Å². The van der Waals surface area contributed by atoms with Gasteiger partial charge >= 0.3 is 0 Å². The molecule has 0 radical (unpaired) electrons. The van der Waals surface area contributed by atoms with Crippen LogP contribution in [0.15, 0.2) is 66.7 Å². The molecule has 10 heteroatoms. The topological polar surface area (TPSA) is 107 Å². The van der Waals surface area contributed by atoms with Gasteiger partial charge in [-0.2, -0.15) is 0 Å². The van der Waals surface area contributed by atoms with Gasteiger partial charge in [-0.3, -0.25) is 39.1 Å². The van der Waals surface area contributed by atoms with Gasteiger partial charge in [0.05, 0.1) is 11.1 Å². The van der Waals surface area contributed by atoms with Crippen LogP contribution in [0, 0.1) is 11.2 Å². The molecule has 4 aliphatic rings. The maximum atomic E-state index is 13.6. The molecule has 46 heavy (non-hydrogen) atoms. The van der Waals surface area contributed by atoms with E-state index >= 15 is 0 Å². The maximum Gasteiger partial charge on any atom is 0.262 e. The van der Waals surface area contributed by atoms with Crippen LogP contribution in [0.1, 0.15) is 75.2 Å². The van der Waals surface area contributed by atoms with Crippen LogP contribution >= 0.6 is 0 Å². The highest BCUT2D eigenvalue weighted by Crippen LogP contribution is 2.42. The Hall–Kier alpha value is -4.70. The largest absolute Gasteiger partial charge is 0.339 e. The minimum Gasteiger partial charge on any atom is -0.339 e. The highest BCUT2D eigenvalue weighted by Gasteiger charge is 2.45. The Bertz CT molecular complexity index is 1740. The molecule has 0 aromatic heterocycles. The summed E-state index contributed by atoms with van der Waals surface area (Å²) in [5, 5.41) is 2.24. The van der Waals surface area contributed by atoms with Crippen molar-refractivity contribution in [2.45, 2.75) is 51.1 Å². The molecule has 3 aromatic rings. The molecule has 3 fully saturated rings. The first kappa shape index (κ1) is 30.0. The van der Waals surface area contributed by atoms with E-state index in [0.717, 1.165) is 61.3 Å². The molecule has 1 atom stereocenters. The molecule has 0 aliphatic carbocycles. The predicted molar refractivity (Wildman–Crippen MR) is 167 cm³/mol. The fourth-order valence-corrected chi connectivity index (χ4v) is 7.50. The molecular weight excluding hydrogens is 587 g/mol. The second-order valence-electron chi connectivity index (χ2n) is 13.0. The van der Waals surface area contributed by atoms with Gasteiger partial charge in [-0.05, 0) is 104 Å². The lowest BCUT2D eigenvalue weighted by Crippen LogP contribution is -2.54. The first-order valence-corrected chi connectivity index (χ1v) is 15.9. The molecule has 4 aliphatic heterocycles. The summed E-state index contributed by atoms with van der Waals surface area (Å²) in [4.78, 5) is 69.3. The third kappa shape index (κ3) is 5.51. The number of piperidine rings is 3. The summed E-state index contributed by atoms with van der Waals surface area (Å²) in [6.07, 6.45) is 4.24. The quantitative estimate of drug-likeness (QED) is 0.423. The van der Waals surface area contributed by atoms with Crippen LogP contribution in [-0.4, -0.2) is 76.5 Å². The van der Waals surface area contributed by atoms with Crippen LogP contribution in [0.4, 0.5) is 4.39 Å². The van der Waals surface area contributed by atoms with Crippen LogP contribution in [0.25, 0.3) is 11.1 Å². The summed E-state index contributed by atoms with van der Waals surface area (Å²) < 4.78 is 13.3. The van der Waals surface area contributed by atoms with Crippen molar-refractivity contribution >= 4 is 29.5 Å². The van der Waals surface area contributed by atoms with Crippen molar-refractivity contribution in [3.8, 4) is 11.1 Å². The number of hydrogen-bond acceptors (Lipinski definition) is 6. The van der Waals surface area contributed by atoms with E-state index in [1.165, 1.54) is 12.1 Å². The maximum absolute atomic E-state index is 13.6. The van der Waals surface area contributed by atoms with E-state index in [9.17, 15) is 28.4 Å². The lowest BCUT2D eigenvalue weighted by atomic mass is 9.71. The number of halogens is 1. The summed E-state index contributed by atoms with van der Waals surface area (Å²) in [7, 11) is 0. The molecule has 236 valence electrons. The first-order chi connectivity index (χ1) is 22.2. The van der Waals surface area contributed by atoms with E-state index in [1.807, 2.05) is 23.1 Å². The number of imide groups is 2. The molecule has 3 aromatic carbocycles. The second-order valence-corrected chi connectivity index (χ2v) is 13.0. The molecule has 9 nitrogen and oxygen atoms in total. The summed E-state index contributed by atoms with van der Waals surface area (Å²) in [5.41, 5.74) is 3.88. The number of carbonyl (C=O) groups excluding carboxylic acids is 5. The van der Waals surface area contributed by atoms with E-state index in [4.69, 9.17) is 0 Å². The monoisotopic (exact) mass is 622 g/mol. The minimum atomic E-state index is -1.01. The normalized spacial score (nSPS) is 21.5. The van der Waals surface area contributed by atoms with Crippen molar-refractivity contribution in [3.05, 3.63) is 94.8 Å². The van der Waals surface area contributed by atoms with Crippen LogP contribution in [0.2, 0.25) is 0 Å². The number of amides is 5.